The van der Waals surface area contributed by atoms with Gasteiger partial charge >= 0.3 is 16.4 Å². The fourth-order valence-electron chi connectivity index (χ4n) is 3.91. The second kappa shape index (κ2) is 13.7. The van der Waals surface area contributed by atoms with E-state index in [0.717, 1.165) is 28.2 Å². The predicted octanol–water partition coefficient (Wildman–Crippen LogP) is 4.70. The molecule has 0 fully saturated rings. The topological polar surface area (TPSA) is 147 Å². The lowest BCUT2D eigenvalue weighted by Gasteiger charge is -2.24. The first-order valence-electron chi connectivity index (χ1n) is 12.9. The van der Waals surface area contributed by atoms with E-state index in [4.69, 9.17) is 14.3 Å². The number of aryl methyl sites for hydroxylation is 1. The van der Waals surface area contributed by atoms with Crippen LogP contribution in [0.15, 0.2) is 60.0 Å². The molecule has 12 heteroatoms. The molecule has 0 saturated heterocycles. The summed E-state index contributed by atoms with van der Waals surface area (Å²) >= 11 is 1.45. The van der Waals surface area contributed by atoms with Gasteiger partial charge in [-0.25, -0.2) is 9.78 Å². The minimum absolute atomic E-state index is 0.0798. The average molecular weight is 589 g/mol. The highest BCUT2D eigenvalue weighted by atomic mass is 32.2. The first kappa shape index (κ1) is 31.1. The molecule has 3 rings (SSSR count). The summed E-state index contributed by atoms with van der Waals surface area (Å²) < 4.78 is 38.6. The third-order valence-electron chi connectivity index (χ3n) is 5.77. The SMILES string of the molecule is CCc1csc(C(Cc2ccc(NS(=O)(=O)O)cc2)NC(=O)C(CNC(=O)OC(C)(C)C)Cc2ccccc2)n1. The lowest BCUT2D eigenvalue weighted by atomic mass is 9.97. The number of aromatic nitrogens is 1. The zero-order valence-corrected chi connectivity index (χ0v) is 24.6. The molecule has 10 nitrogen and oxygen atoms in total. The van der Waals surface area contributed by atoms with Gasteiger partial charge in [0.2, 0.25) is 5.91 Å². The van der Waals surface area contributed by atoms with Crippen molar-refractivity contribution in [2.75, 3.05) is 11.3 Å². The smallest absolute Gasteiger partial charge is 0.407 e. The Labute approximate surface area is 239 Å². The van der Waals surface area contributed by atoms with Crippen molar-refractivity contribution >= 4 is 39.3 Å². The van der Waals surface area contributed by atoms with Crippen molar-refractivity contribution in [1.82, 2.24) is 15.6 Å². The zero-order chi connectivity index (χ0) is 29.3. The molecule has 0 spiro atoms. The molecule has 0 saturated carbocycles. The molecule has 0 aliphatic rings. The molecule has 216 valence electrons. The molecule has 0 radical (unpaired) electrons. The molecule has 2 unspecified atom stereocenters. The molecule has 1 heterocycles. The molecule has 2 atom stereocenters. The first-order chi connectivity index (χ1) is 18.8. The molecule has 1 aromatic heterocycles. The van der Waals surface area contributed by atoms with E-state index in [2.05, 4.69) is 10.6 Å². The highest BCUT2D eigenvalue weighted by Gasteiger charge is 2.26. The molecule has 2 amide bonds. The molecule has 0 aliphatic carbocycles. The standard InChI is InChI=1S/C28H36N4O6S2/c1-5-22-18-39-26(30-22)24(16-20-11-13-23(14-12-20)32-40(35,36)37)31-25(33)21(15-19-9-7-6-8-10-19)17-29-27(34)38-28(2,3)4/h6-14,18,21,24,32H,5,15-17H2,1-4H3,(H,29,34)(H,31,33)(H,35,36,37). The van der Waals surface area contributed by atoms with Crippen molar-refractivity contribution in [1.29, 1.82) is 0 Å². The molecule has 40 heavy (non-hydrogen) atoms. The highest BCUT2D eigenvalue weighted by Crippen LogP contribution is 2.25. The number of anilines is 1. The van der Waals surface area contributed by atoms with Crippen LogP contribution in [0.5, 0.6) is 0 Å². The molecule has 2 aromatic carbocycles. The van der Waals surface area contributed by atoms with Gasteiger partial charge in [-0.05, 0) is 63.3 Å². The van der Waals surface area contributed by atoms with Crippen molar-refractivity contribution in [3.8, 4) is 0 Å². The monoisotopic (exact) mass is 588 g/mol. The largest absolute Gasteiger partial charge is 0.444 e. The summed E-state index contributed by atoms with van der Waals surface area (Å²) in [6.45, 7) is 7.40. The van der Waals surface area contributed by atoms with E-state index in [0.29, 0.717) is 12.8 Å². The maximum absolute atomic E-state index is 13.7. The number of hydrogen-bond acceptors (Lipinski definition) is 7. The summed E-state index contributed by atoms with van der Waals surface area (Å²) in [6.07, 6.45) is 0.958. The van der Waals surface area contributed by atoms with Crippen LogP contribution >= 0.6 is 11.3 Å². The highest BCUT2D eigenvalue weighted by molar-refractivity contribution is 7.87. The van der Waals surface area contributed by atoms with Crippen molar-refractivity contribution in [3.63, 3.8) is 0 Å². The number of thiazole rings is 1. The number of benzene rings is 2. The predicted molar refractivity (Wildman–Crippen MR) is 156 cm³/mol. The maximum atomic E-state index is 13.7. The number of ether oxygens (including phenoxy) is 1. The number of alkyl carbamates (subject to hydrolysis) is 1. The summed E-state index contributed by atoms with van der Waals surface area (Å²) in [7, 11) is -4.38. The first-order valence-corrected chi connectivity index (χ1v) is 15.2. The van der Waals surface area contributed by atoms with Crippen LogP contribution in [0.2, 0.25) is 0 Å². The van der Waals surface area contributed by atoms with Crippen molar-refractivity contribution in [2.24, 2.45) is 5.92 Å². The van der Waals surface area contributed by atoms with E-state index in [-0.39, 0.29) is 18.1 Å². The molecule has 4 N–H and O–H groups in total. The summed E-state index contributed by atoms with van der Waals surface area (Å²) in [5.74, 6) is -0.827. The number of nitrogens with zero attached hydrogens (tertiary/aromatic N) is 1. The summed E-state index contributed by atoms with van der Waals surface area (Å²) in [6, 6.07) is 15.6. The van der Waals surface area contributed by atoms with Gasteiger partial charge in [0, 0.05) is 11.9 Å². The van der Waals surface area contributed by atoms with Crippen LogP contribution in [-0.2, 0) is 39.1 Å². The number of amides is 2. The summed E-state index contributed by atoms with van der Waals surface area (Å²) in [5.41, 5.74) is 2.24. The second-order valence-electron chi connectivity index (χ2n) is 10.3. The second-order valence-corrected chi connectivity index (χ2v) is 12.4. The fraction of sp³-hybridized carbons (Fsp3) is 0.393. The van der Waals surface area contributed by atoms with E-state index in [9.17, 15) is 18.0 Å². The molecule has 0 bridgehead atoms. The van der Waals surface area contributed by atoms with Gasteiger partial charge in [-0.3, -0.25) is 14.1 Å². The number of carbonyl (C=O) groups is 2. The van der Waals surface area contributed by atoms with E-state index in [1.54, 1.807) is 32.9 Å². The van der Waals surface area contributed by atoms with Crippen LogP contribution in [0.25, 0.3) is 0 Å². The minimum Gasteiger partial charge on any atom is -0.444 e. The van der Waals surface area contributed by atoms with Gasteiger partial charge in [0.15, 0.2) is 0 Å². The van der Waals surface area contributed by atoms with Crippen molar-refractivity contribution in [2.45, 2.75) is 58.6 Å². The van der Waals surface area contributed by atoms with Gasteiger partial charge in [0.05, 0.1) is 23.3 Å². The molecule has 3 aromatic rings. The van der Waals surface area contributed by atoms with Gasteiger partial charge in [-0.15, -0.1) is 11.3 Å². The number of hydrogen-bond donors (Lipinski definition) is 4. The van der Waals surface area contributed by atoms with Crippen LogP contribution in [0, 0.1) is 5.92 Å². The van der Waals surface area contributed by atoms with E-state index in [1.807, 2.05) is 47.4 Å². The van der Waals surface area contributed by atoms with Gasteiger partial charge in [0.1, 0.15) is 10.6 Å². The third kappa shape index (κ3) is 10.6. The average Bonchev–Trinajstić information content (AvgIpc) is 3.35. The number of nitrogens with one attached hydrogen (secondary N) is 3. The Morgan fingerprint density at radius 3 is 2.25 bits per heavy atom. The van der Waals surface area contributed by atoms with Crippen LogP contribution in [0.3, 0.4) is 0 Å². The van der Waals surface area contributed by atoms with Gasteiger partial charge in [0.25, 0.3) is 0 Å². The van der Waals surface area contributed by atoms with Crippen LogP contribution in [0.1, 0.15) is 55.6 Å². The fourth-order valence-corrected chi connectivity index (χ4v) is 5.29. The maximum Gasteiger partial charge on any atom is 0.407 e. The summed E-state index contributed by atoms with van der Waals surface area (Å²) in [5, 5.41) is 8.56. The van der Waals surface area contributed by atoms with Crippen molar-refractivity contribution in [3.05, 3.63) is 81.8 Å². The summed E-state index contributed by atoms with van der Waals surface area (Å²) in [4.78, 5) is 30.7. The van der Waals surface area contributed by atoms with Gasteiger partial charge in [-0.1, -0.05) is 49.4 Å². The minimum atomic E-state index is -4.38. The molecule has 0 aliphatic heterocycles. The Bertz CT molecular complexity index is 1370. The van der Waals surface area contributed by atoms with Gasteiger partial charge < -0.3 is 15.4 Å². The Hall–Kier alpha value is -3.48. The number of rotatable bonds is 12. The van der Waals surface area contributed by atoms with Crippen molar-refractivity contribution < 1.29 is 27.3 Å². The van der Waals surface area contributed by atoms with Crippen LogP contribution in [0.4, 0.5) is 10.5 Å². The Morgan fingerprint density at radius 2 is 1.68 bits per heavy atom. The quantitative estimate of drug-likeness (QED) is 0.224. The Morgan fingerprint density at radius 1 is 1.02 bits per heavy atom. The Kier molecular flexibility index (Phi) is 10.7. The lowest BCUT2D eigenvalue weighted by molar-refractivity contribution is -0.125. The van der Waals surface area contributed by atoms with Crippen LogP contribution in [-0.4, -0.2) is 42.1 Å². The zero-order valence-electron chi connectivity index (χ0n) is 23.0. The lowest BCUT2D eigenvalue weighted by Crippen LogP contribution is -2.43. The normalized spacial score (nSPS) is 13.2. The van der Waals surface area contributed by atoms with Gasteiger partial charge in [-0.2, -0.15) is 8.42 Å². The molecular formula is C28H36N4O6S2. The Balaban J connectivity index is 1.81. The third-order valence-corrected chi connectivity index (χ3v) is 7.28. The van der Waals surface area contributed by atoms with Crippen LogP contribution < -0.4 is 15.4 Å². The molecular weight excluding hydrogens is 552 g/mol. The van der Waals surface area contributed by atoms with E-state index < -0.39 is 34.0 Å². The van der Waals surface area contributed by atoms with E-state index in [1.165, 1.54) is 23.5 Å². The number of carbonyl (C=O) groups excluding carboxylic acids is 2. The van der Waals surface area contributed by atoms with E-state index >= 15 is 0 Å².